The SMILES string of the molecule is CCCCC(CC)COC(=O)NC(C)C=O. The Hall–Kier alpha value is -1.06. The van der Waals surface area contributed by atoms with E-state index in [2.05, 4.69) is 19.2 Å². The zero-order valence-corrected chi connectivity index (χ0v) is 10.5. The van der Waals surface area contributed by atoms with Gasteiger partial charge in [-0.2, -0.15) is 0 Å². The van der Waals surface area contributed by atoms with Gasteiger partial charge >= 0.3 is 6.09 Å². The lowest BCUT2D eigenvalue weighted by Crippen LogP contribution is -2.34. The second kappa shape index (κ2) is 9.19. The number of hydrogen-bond acceptors (Lipinski definition) is 3. The topological polar surface area (TPSA) is 55.4 Å². The van der Waals surface area contributed by atoms with Crippen LogP contribution in [0.3, 0.4) is 0 Å². The van der Waals surface area contributed by atoms with Gasteiger partial charge in [0.25, 0.3) is 0 Å². The molecule has 0 spiro atoms. The summed E-state index contributed by atoms with van der Waals surface area (Å²) in [5.74, 6) is 0.428. The van der Waals surface area contributed by atoms with Gasteiger partial charge in [-0.05, 0) is 19.3 Å². The fourth-order valence-electron chi connectivity index (χ4n) is 1.35. The van der Waals surface area contributed by atoms with E-state index < -0.39 is 12.1 Å². The van der Waals surface area contributed by atoms with Gasteiger partial charge in [0.15, 0.2) is 0 Å². The summed E-state index contributed by atoms with van der Waals surface area (Å²) in [6.07, 6.45) is 4.59. The molecule has 4 nitrogen and oxygen atoms in total. The number of unbranched alkanes of at least 4 members (excludes halogenated alkanes) is 1. The van der Waals surface area contributed by atoms with Crippen LogP contribution < -0.4 is 5.32 Å². The van der Waals surface area contributed by atoms with Crippen LogP contribution in [0.4, 0.5) is 4.79 Å². The van der Waals surface area contributed by atoms with E-state index in [4.69, 9.17) is 4.74 Å². The van der Waals surface area contributed by atoms with E-state index in [9.17, 15) is 9.59 Å². The summed E-state index contributed by atoms with van der Waals surface area (Å²) in [4.78, 5) is 21.5. The van der Waals surface area contributed by atoms with Gasteiger partial charge in [-0.15, -0.1) is 0 Å². The van der Waals surface area contributed by atoms with Crippen molar-refractivity contribution in [2.45, 2.75) is 52.5 Å². The Labute approximate surface area is 97.7 Å². The Morgan fingerprint density at radius 2 is 2.12 bits per heavy atom. The first kappa shape index (κ1) is 14.9. The molecule has 0 radical (unpaired) electrons. The molecule has 0 saturated carbocycles. The molecule has 1 N–H and O–H groups in total. The van der Waals surface area contributed by atoms with Crippen molar-refractivity contribution in [1.29, 1.82) is 0 Å². The van der Waals surface area contributed by atoms with Gasteiger partial charge in [-0.1, -0.05) is 33.1 Å². The number of nitrogens with one attached hydrogen (secondary N) is 1. The Morgan fingerprint density at radius 3 is 2.62 bits per heavy atom. The zero-order chi connectivity index (χ0) is 12.4. The lowest BCUT2D eigenvalue weighted by atomic mass is 10.0. The Balaban J connectivity index is 3.74. The summed E-state index contributed by atoms with van der Waals surface area (Å²) < 4.78 is 5.06. The molecule has 0 aliphatic heterocycles. The van der Waals surface area contributed by atoms with Crippen molar-refractivity contribution in [3.63, 3.8) is 0 Å². The molecule has 0 bridgehead atoms. The molecular weight excluding hydrogens is 206 g/mol. The lowest BCUT2D eigenvalue weighted by Gasteiger charge is -2.15. The average Bonchev–Trinajstić information content (AvgIpc) is 2.29. The van der Waals surface area contributed by atoms with Gasteiger partial charge in [-0.25, -0.2) is 4.79 Å². The highest BCUT2D eigenvalue weighted by Crippen LogP contribution is 2.12. The minimum atomic E-state index is -0.505. The number of aldehydes is 1. The van der Waals surface area contributed by atoms with Crippen LogP contribution in [0.2, 0.25) is 0 Å². The Bertz CT molecular complexity index is 206. The molecule has 16 heavy (non-hydrogen) atoms. The molecule has 0 aromatic carbocycles. The molecule has 4 heteroatoms. The highest BCUT2D eigenvalue weighted by atomic mass is 16.5. The fraction of sp³-hybridized carbons (Fsp3) is 0.833. The van der Waals surface area contributed by atoms with E-state index in [0.29, 0.717) is 18.8 Å². The number of hydrogen-bond donors (Lipinski definition) is 1. The third-order valence-corrected chi connectivity index (χ3v) is 2.54. The van der Waals surface area contributed by atoms with Gasteiger partial charge in [0.1, 0.15) is 6.29 Å². The molecule has 0 heterocycles. The third kappa shape index (κ3) is 7.26. The highest BCUT2D eigenvalue weighted by Gasteiger charge is 2.11. The van der Waals surface area contributed by atoms with Gasteiger partial charge in [0.05, 0.1) is 12.6 Å². The van der Waals surface area contributed by atoms with Crippen LogP contribution in [0.5, 0.6) is 0 Å². The fourth-order valence-corrected chi connectivity index (χ4v) is 1.35. The molecule has 94 valence electrons. The minimum Gasteiger partial charge on any atom is -0.449 e. The van der Waals surface area contributed by atoms with Crippen LogP contribution >= 0.6 is 0 Å². The molecule has 0 fully saturated rings. The van der Waals surface area contributed by atoms with E-state index in [-0.39, 0.29) is 0 Å². The van der Waals surface area contributed by atoms with Crippen molar-refractivity contribution in [2.75, 3.05) is 6.61 Å². The number of carbonyl (C=O) groups excluding carboxylic acids is 2. The van der Waals surface area contributed by atoms with Crippen molar-refractivity contribution in [3.05, 3.63) is 0 Å². The predicted octanol–water partition coefficient (Wildman–Crippen LogP) is 2.52. The van der Waals surface area contributed by atoms with Crippen LogP contribution in [-0.2, 0) is 9.53 Å². The standard InChI is InChI=1S/C12H23NO3/c1-4-6-7-11(5-2)9-16-12(15)13-10(3)8-14/h8,10-11H,4-7,9H2,1-3H3,(H,13,15). The normalized spacial score (nSPS) is 13.9. The third-order valence-electron chi connectivity index (χ3n) is 2.54. The summed E-state index contributed by atoms with van der Waals surface area (Å²) in [6, 6.07) is -0.483. The predicted molar refractivity (Wildman–Crippen MR) is 63.3 cm³/mol. The molecule has 0 aromatic rings. The van der Waals surface area contributed by atoms with Gasteiger partial charge in [0.2, 0.25) is 0 Å². The van der Waals surface area contributed by atoms with Gasteiger partial charge in [0, 0.05) is 0 Å². The van der Waals surface area contributed by atoms with Crippen LogP contribution in [0.15, 0.2) is 0 Å². The van der Waals surface area contributed by atoms with Gasteiger partial charge in [-0.3, -0.25) is 0 Å². The molecule has 0 saturated heterocycles. The molecule has 0 aliphatic rings. The summed E-state index contributed by atoms with van der Waals surface area (Å²) in [6.45, 7) is 6.29. The van der Waals surface area contributed by atoms with Crippen molar-refractivity contribution in [2.24, 2.45) is 5.92 Å². The van der Waals surface area contributed by atoms with E-state index >= 15 is 0 Å². The summed E-state index contributed by atoms with van der Waals surface area (Å²) in [7, 11) is 0. The first-order chi connectivity index (χ1) is 7.63. The summed E-state index contributed by atoms with van der Waals surface area (Å²) >= 11 is 0. The van der Waals surface area contributed by atoms with Crippen molar-refractivity contribution in [1.82, 2.24) is 5.32 Å². The Morgan fingerprint density at radius 1 is 1.44 bits per heavy atom. The second-order valence-corrected chi connectivity index (χ2v) is 4.08. The van der Waals surface area contributed by atoms with Crippen molar-refractivity contribution in [3.8, 4) is 0 Å². The number of amides is 1. The molecule has 0 aromatic heterocycles. The summed E-state index contributed by atoms with van der Waals surface area (Å²) in [5, 5.41) is 2.44. The van der Waals surface area contributed by atoms with Crippen LogP contribution in [0, 0.1) is 5.92 Å². The maximum Gasteiger partial charge on any atom is 0.407 e. The number of alkyl carbamates (subject to hydrolysis) is 1. The van der Waals surface area contributed by atoms with E-state index in [1.807, 2.05) is 0 Å². The number of rotatable bonds is 8. The summed E-state index contributed by atoms with van der Waals surface area (Å²) in [5.41, 5.74) is 0. The van der Waals surface area contributed by atoms with E-state index in [0.717, 1.165) is 25.7 Å². The van der Waals surface area contributed by atoms with E-state index in [1.165, 1.54) is 0 Å². The molecule has 0 aliphatic carbocycles. The first-order valence-electron chi connectivity index (χ1n) is 6.02. The molecular formula is C12H23NO3. The second-order valence-electron chi connectivity index (χ2n) is 4.08. The smallest absolute Gasteiger partial charge is 0.407 e. The van der Waals surface area contributed by atoms with Crippen molar-refractivity contribution >= 4 is 12.4 Å². The molecule has 1 amide bonds. The van der Waals surface area contributed by atoms with E-state index in [1.54, 1.807) is 6.92 Å². The Kier molecular flexibility index (Phi) is 8.58. The minimum absolute atomic E-state index is 0.428. The number of carbonyl (C=O) groups is 2. The van der Waals surface area contributed by atoms with Crippen LogP contribution in [0.1, 0.15) is 46.5 Å². The van der Waals surface area contributed by atoms with Gasteiger partial charge < -0.3 is 14.8 Å². The molecule has 0 rings (SSSR count). The average molecular weight is 229 g/mol. The molecule has 2 unspecified atom stereocenters. The maximum absolute atomic E-state index is 11.2. The van der Waals surface area contributed by atoms with Crippen LogP contribution in [0.25, 0.3) is 0 Å². The monoisotopic (exact) mass is 229 g/mol. The highest BCUT2D eigenvalue weighted by molar-refractivity contribution is 5.72. The zero-order valence-electron chi connectivity index (χ0n) is 10.5. The first-order valence-corrected chi connectivity index (χ1v) is 6.02. The maximum atomic E-state index is 11.2. The van der Waals surface area contributed by atoms with Crippen molar-refractivity contribution < 1.29 is 14.3 Å². The quantitative estimate of drug-likeness (QED) is 0.651. The van der Waals surface area contributed by atoms with Crippen LogP contribution in [-0.4, -0.2) is 25.0 Å². The number of ether oxygens (including phenoxy) is 1. The largest absolute Gasteiger partial charge is 0.449 e. The lowest BCUT2D eigenvalue weighted by molar-refractivity contribution is -0.109. The molecule has 2 atom stereocenters.